The highest BCUT2D eigenvalue weighted by molar-refractivity contribution is 5.98. The highest BCUT2D eigenvalue weighted by atomic mass is 16.5. The molecule has 1 aromatic carbocycles. The molecule has 1 spiro atoms. The number of aromatic nitrogens is 3. The fourth-order valence-electron chi connectivity index (χ4n) is 4.73. The number of carbonyl (C=O) groups excluding carboxylic acids is 1. The Morgan fingerprint density at radius 3 is 2.83 bits per heavy atom. The summed E-state index contributed by atoms with van der Waals surface area (Å²) >= 11 is 0. The summed E-state index contributed by atoms with van der Waals surface area (Å²) in [6.45, 7) is 3.56. The number of nitrogens with zero attached hydrogens (tertiary/aromatic N) is 3. The zero-order chi connectivity index (χ0) is 19.8. The number of hydrogen-bond acceptors (Lipinski definition) is 4. The lowest BCUT2D eigenvalue weighted by Crippen LogP contribution is -2.59. The number of para-hydroxylation sites is 1. The number of H-pyrrole nitrogens is 1. The molecule has 29 heavy (non-hydrogen) atoms. The van der Waals surface area contributed by atoms with E-state index in [0.717, 1.165) is 55.5 Å². The normalized spacial score (nSPS) is 21.3. The molecule has 1 atom stereocenters. The van der Waals surface area contributed by atoms with Gasteiger partial charge in [-0.2, -0.15) is 5.10 Å². The molecule has 0 aliphatic carbocycles. The summed E-state index contributed by atoms with van der Waals surface area (Å²) in [5.41, 5.74) is 2.93. The number of carbonyl (C=O) groups is 1. The number of aryl methyl sites for hydroxylation is 1. The minimum absolute atomic E-state index is 0.0134. The van der Waals surface area contributed by atoms with E-state index in [0.29, 0.717) is 12.2 Å². The average Bonchev–Trinajstić information content (AvgIpc) is 3.34. The molecule has 2 saturated heterocycles. The summed E-state index contributed by atoms with van der Waals surface area (Å²) < 4.78 is 8.21. The average molecular weight is 393 g/mol. The molecular formula is C22H27N5O2. The Kier molecular flexibility index (Phi) is 4.64. The van der Waals surface area contributed by atoms with E-state index in [9.17, 15) is 4.79 Å². The molecule has 5 rings (SSSR count). The van der Waals surface area contributed by atoms with E-state index in [1.54, 1.807) is 6.20 Å². The van der Waals surface area contributed by atoms with Crippen LogP contribution in [0.5, 0.6) is 0 Å². The van der Waals surface area contributed by atoms with Gasteiger partial charge in [-0.1, -0.05) is 18.2 Å². The molecule has 1 unspecified atom stereocenters. The Balaban J connectivity index is 1.10. The Morgan fingerprint density at radius 2 is 2.10 bits per heavy atom. The molecule has 4 heterocycles. The van der Waals surface area contributed by atoms with Crippen molar-refractivity contribution in [2.75, 3.05) is 19.6 Å². The van der Waals surface area contributed by atoms with Gasteiger partial charge in [0.15, 0.2) is 0 Å². The van der Waals surface area contributed by atoms with Crippen LogP contribution in [0.2, 0.25) is 0 Å². The Hall–Kier alpha value is -2.64. The van der Waals surface area contributed by atoms with Crippen molar-refractivity contribution in [3.8, 4) is 0 Å². The quantitative estimate of drug-likeness (QED) is 0.698. The lowest BCUT2D eigenvalue weighted by Gasteiger charge is -2.52. The van der Waals surface area contributed by atoms with Gasteiger partial charge in [0.1, 0.15) is 5.69 Å². The van der Waals surface area contributed by atoms with E-state index in [4.69, 9.17) is 4.74 Å². The van der Waals surface area contributed by atoms with Gasteiger partial charge in [0.05, 0.1) is 11.7 Å². The highest BCUT2D eigenvalue weighted by Gasteiger charge is 2.47. The van der Waals surface area contributed by atoms with E-state index in [2.05, 4.69) is 20.4 Å². The van der Waals surface area contributed by atoms with E-state index in [1.807, 2.05) is 48.0 Å². The molecule has 2 aliphatic rings. The zero-order valence-electron chi connectivity index (χ0n) is 16.7. The second-order valence-corrected chi connectivity index (χ2v) is 8.34. The van der Waals surface area contributed by atoms with Gasteiger partial charge in [-0.25, -0.2) is 0 Å². The summed E-state index contributed by atoms with van der Waals surface area (Å²) in [5, 5.41) is 11.2. The fraction of sp³-hybridized carbons (Fsp3) is 0.455. The Labute approximate surface area is 170 Å². The predicted molar refractivity (Wildman–Crippen MR) is 111 cm³/mol. The molecule has 3 aromatic rings. The summed E-state index contributed by atoms with van der Waals surface area (Å²) in [6, 6.07) is 12.0. The smallest absolute Gasteiger partial charge is 0.268 e. The summed E-state index contributed by atoms with van der Waals surface area (Å²) in [4.78, 5) is 15.1. The zero-order valence-corrected chi connectivity index (χ0v) is 16.7. The van der Waals surface area contributed by atoms with Crippen LogP contribution in [-0.2, 0) is 18.3 Å². The standard InChI is InChI=1S/C22H27N5O2/c1-26-19-5-3-2-4-16(19)12-20(26)21(28)23-14-18-13-22(29-18)7-10-27(11-8-22)15-17-6-9-24-25-17/h2-6,9,12,18H,7-8,10-11,13-15H2,1H3,(H,23,28)(H,24,25). The molecule has 2 aliphatic heterocycles. The van der Waals surface area contributed by atoms with E-state index in [-0.39, 0.29) is 17.6 Å². The molecular weight excluding hydrogens is 366 g/mol. The minimum atomic E-state index is -0.0392. The van der Waals surface area contributed by atoms with Crippen LogP contribution in [0.3, 0.4) is 0 Å². The first-order chi connectivity index (χ1) is 14.1. The van der Waals surface area contributed by atoms with Crippen molar-refractivity contribution in [3.05, 3.63) is 54.0 Å². The van der Waals surface area contributed by atoms with E-state index >= 15 is 0 Å². The number of amides is 1. The van der Waals surface area contributed by atoms with Gasteiger partial charge >= 0.3 is 0 Å². The van der Waals surface area contributed by atoms with Crippen LogP contribution in [0.15, 0.2) is 42.6 Å². The maximum atomic E-state index is 12.6. The molecule has 7 heteroatoms. The number of rotatable bonds is 5. The van der Waals surface area contributed by atoms with Crippen molar-refractivity contribution >= 4 is 16.8 Å². The lowest BCUT2D eigenvalue weighted by atomic mass is 9.80. The van der Waals surface area contributed by atoms with Crippen LogP contribution in [0.1, 0.15) is 35.4 Å². The topological polar surface area (TPSA) is 75.2 Å². The van der Waals surface area contributed by atoms with Crippen molar-refractivity contribution in [2.45, 2.75) is 37.5 Å². The van der Waals surface area contributed by atoms with Gasteiger partial charge in [0, 0.05) is 62.4 Å². The van der Waals surface area contributed by atoms with Crippen molar-refractivity contribution in [2.24, 2.45) is 7.05 Å². The molecule has 0 bridgehead atoms. The van der Waals surface area contributed by atoms with Gasteiger partial charge < -0.3 is 14.6 Å². The second-order valence-electron chi connectivity index (χ2n) is 8.34. The maximum Gasteiger partial charge on any atom is 0.268 e. The minimum Gasteiger partial charge on any atom is -0.370 e. The van der Waals surface area contributed by atoms with Crippen LogP contribution >= 0.6 is 0 Å². The predicted octanol–water partition coefficient (Wildman–Crippen LogP) is 2.45. The van der Waals surface area contributed by atoms with Gasteiger partial charge in [-0.3, -0.25) is 14.8 Å². The number of likely N-dealkylation sites (tertiary alicyclic amines) is 1. The van der Waals surface area contributed by atoms with Crippen LogP contribution in [0.4, 0.5) is 0 Å². The summed E-state index contributed by atoms with van der Waals surface area (Å²) in [5.74, 6) is -0.0392. The number of benzene rings is 1. The number of hydrogen-bond donors (Lipinski definition) is 2. The molecule has 2 N–H and O–H groups in total. The van der Waals surface area contributed by atoms with Crippen LogP contribution in [-0.4, -0.2) is 56.9 Å². The van der Waals surface area contributed by atoms with Crippen LogP contribution < -0.4 is 5.32 Å². The Morgan fingerprint density at radius 1 is 1.31 bits per heavy atom. The third-order valence-corrected chi connectivity index (χ3v) is 6.41. The monoisotopic (exact) mass is 393 g/mol. The lowest BCUT2D eigenvalue weighted by molar-refractivity contribution is -0.222. The third-order valence-electron chi connectivity index (χ3n) is 6.41. The first-order valence-corrected chi connectivity index (χ1v) is 10.3. The molecule has 2 aromatic heterocycles. The molecule has 7 nitrogen and oxygen atoms in total. The Bertz CT molecular complexity index is 994. The first kappa shape index (κ1) is 18.4. The molecule has 1 amide bonds. The third kappa shape index (κ3) is 3.56. The van der Waals surface area contributed by atoms with E-state index < -0.39 is 0 Å². The SMILES string of the molecule is Cn1c(C(=O)NCC2CC3(CCN(Cc4ccn[nH]4)CC3)O2)cc2ccccc21. The highest BCUT2D eigenvalue weighted by Crippen LogP contribution is 2.41. The van der Waals surface area contributed by atoms with Gasteiger partial charge in [-0.05, 0) is 31.0 Å². The number of ether oxygens (including phenoxy) is 1. The van der Waals surface area contributed by atoms with Crippen molar-refractivity contribution in [3.63, 3.8) is 0 Å². The largest absolute Gasteiger partial charge is 0.370 e. The summed E-state index contributed by atoms with van der Waals surface area (Å²) in [6.07, 6.45) is 5.05. The molecule has 152 valence electrons. The fourth-order valence-corrected chi connectivity index (χ4v) is 4.73. The van der Waals surface area contributed by atoms with E-state index in [1.165, 1.54) is 0 Å². The number of nitrogens with one attached hydrogen (secondary N) is 2. The van der Waals surface area contributed by atoms with Gasteiger partial charge in [0.25, 0.3) is 5.91 Å². The number of aromatic amines is 1. The number of piperidine rings is 1. The molecule has 2 fully saturated rings. The van der Waals surface area contributed by atoms with Gasteiger partial charge in [-0.15, -0.1) is 0 Å². The van der Waals surface area contributed by atoms with Gasteiger partial charge in [0.2, 0.25) is 0 Å². The summed E-state index contributed by atoms with van der Waals surface area (Å²) in [7, 11) is 1.93. The second kappa shape index (κ2) is 7.31. The molecule has 0 radical (unpaired) electrons. The number of fused-ring (bicyclic) bond motifs is 1. The van der Waals surface area contributed by atoms with Crippen molar-refractivity contribution in [1.29, 1.82) is 0 Å². The van der Waals surface area contributed by atoms with Crippen LogP contribution in [0.25, 0.3) is 10.9 Å². The van der Waals surface area contributed by atoms with Crippen molar-refractivity contribution < 1.29 is 9.53 Å². The first-order valence-electron chi connectivity index (χ1n) is 10.3. The van der Waals surface area contributed by atoms with Crippen LogP contribution in [0, 0.1) is 0 Å². The maximum absolute atomic E-state index is 12.6. The van der Waals surface area contributed by atoms with Crippen molar-refractivity contribution in [1.82, 2.24) is 25.0 Å². The molecule has 0 saturated carbocycles.